The minimum absolute atomic E-state index is 0.216. The summed E-state index contributed by atoms with van der Waals surface area (Å²) in [5, 5.41) is 3.28. The second-order valence-corrected chi connectivity index (χ2v) is 3.93. The van der Waals surface area contributed by atoms with Crippen molar-refractivity contribution < 1.29 is 17.9 Å². The van der Waals surface area contributed by atoms with Gasteiger partial charge < -0.3 is 10.1 Å². The van der Waals surface area contributed by atoms with Gasteiger partial charge in [-0.3, -0.25) is 0 Å². The average molecular weight is 241 g/mol. The van der Waals surface area contributed by atoms with Gasteiger partial charge in [-0.2, -0.15) is 13.2 Å². The van der Waals surface area contributed by atoms with E-state index < -0.39 is 12.6 Å². The molecule has 0 heterocycles. The molecule has 0 spiro atoms. The third-order valence-electron chi connectivity index (χ3n) is 2.26. The summed E-state index contributed by atoms with van der Waals surface area (Å²) in [6.07, 6.45) is -2.09. The fraction of sp³-hybridized carbons (Fsp3) is 1.00. The number of rotatable bonds is 9. The SMILES string of the molecule is CCNC(C)CCCCOCCC(F)(F)F. The Morgan fingerprint density at radius 2 is 1.88 bits per heavy atom. The molecular weight excluding hydrogens is 219 g/mol. The van der Waals surface area contributed by atoms with E-state index in [0.29, 0.717) is 12.6 Å². The Labute approximate surface area is 95.5 Å². The highest BCUT2D eigenvalue weighted by atomic mass is 19.4. The third-order valence-corrected chi connectivity index (χ3v) is 2.26. The molecule has 0 saturated carbocycles. The molecule has 0 rings (SSSR count). The summed E-state index contributed by atoms with van der Waals surface area (Å²) in [5.74, 6) is 0. The van der Waals surface area contributed by atoms with Crippen LogP contribution in [0.25, 0.3) is 0 Å². The first-order valence-electron chi connectivity index (χ1n) is 5.83. The minimum atomic E-state index is -4.10. The van der Waals surface area contributed by atoms with Gasteiger partial charge in [0, 0.05) is 12.6 Å². The predicted octanol–water partition coefficient (Wildman–Crippen LogP) is 3.12. The van der Waals surface area contributed by atoms with Gasteiger partial charge in [0.25, 0.3) is 0 Å². The molecule has 0 aromatic heterocycles. The topological polar surface area (TPSA) is 21.3 Å². The van der Waals surface area contributed by atoms with Crippen molar-refractivity contribution in [2.75, 3.05) is 19.8 Å². The van der Waals surface area contributed by atoms with Gasteiger partial charge in [0.2, 0.25) is 0 Å². The molecule has 0 bridgehead atoms. The van der Waals surface area contributed by atoms with Crippen LogP contribution >= 0.6 is 0 Å². The lowest BCUT2D eigenvalue weighted by Crippen LogP contribution is -2.25. The van der Waals surface area contributed by atoms with Crippen LogP contribution in [0.15, 0.2) is 0 Å². The van der Waals surface area contributed by atoms with E-state index in [0.717, 1.165) is 25.8 Å². The Morgan fingerprint density at radius 1 is 1.19 bits per heavy atom. The van der Waals surface area contributed by atoms with Crippen molar-refractivity contribution in [3.63, 3.8) is 0 Å². The molecular formula is C11H22F3NO. The Hall–Kier alpha value is -0.290. The smallest absolute Gasteiger partial charge is 0.381 e. The fourth-order valence-electron chi connectivity index (χ4n) is 1.40. The van der Waals surface area contributed by atoms with Crippen LogP contribution in [0.2, 0.25) is 0 Å². The monoisotopic (exact) mass is 241 g/mol. The molecule has 0 aromatic rings. The van der Waals surface area contributed by atoms with Gasteiger partial charge in [0.15, 0.2) is 0 Å². The Balaban J connectivity index is 3.16. The third kappa shape index (κ3) is 11.8. The highest BCUT2D eigenvalue weighted by Gasteiger charge is 2.26. The lowest BCUT2D eigenvalue weighted by atomic mass is 10.1. The van der Waals surface area contributed by atoms with Crippen molar-refractivity contribution in [2.24, 2.45) is 0 Å². The van der Waals surface area contributed by atoms with Crippen LogP contribution < -0.4 is 5.32 Å². The molecule has 0 aliphatic carbocycles. The van der Waals surface area contributed by atoms with Gasteiger partial charge in [-0.25, -0.2) is 0 Å². The van der Waals surface area contributed by atoms with E-state index in [4.69, 9.17) is 4.74 Å². The zero-order valence-electron chi connectivity index (χ0n) is 10.1. The molecule has 0 saturated heterocycles. The van der Waals surface area contributed by atoms with Gasteiger partial charge >= 0.3 is 6.18 Å². The van der Waals surface area contributed by atoms with Crippen molar-refractivity contribution in [2.45, 2.75) is 51.7 Å². The maximum Gasteiger partial charge on any atom is 0.391 e. The average Bonchev–Trinajstić information content (AvgIpc) is 2.15. The quantitative estimate of drug-likeness (QED) is 0.626. The number of hydrogen-bond acceptors (Lipinski definition) is 2. The van der Waals surface area contributed by atoms with Crippen LogP contribution in [0.5, 0.6) is 0 Å². The molecule has 0 aromatic carbocycles. The molecule has 0 radical (unpaired) electrons. The first-order valence-corrected chi connectivity index (χ1v) is 5.83. The highest BCUT2D eigenvalue weighted by Crippen LogP contribution is 2.18. The zero-order valence-corrected chi connectivity index (χ0v) is 10.1. The lowest BCUT2D eigenvalue weighted by molar-refractivity contribution is -0.145. The van der Waals surface area contributed by atoms with Crippen molar-refractivity contribution in [1.82, 2.24) is 5.32 Å². The fourth-order valence-corrected chi connectivity index (χ4v) is 1.40. The Morgan fingerprint density at radius 3 is 2.44 bits per heavy atom. The largest absolute Gasteiger partial charge is 0.391 e. The second kappa shape index (κ2) is 8.82. The van der Waals surface area contributed by atoms with Crippen LogP contribution in [0.4, 0.5) is 13.2 Å². The molecule has 1 atom stereocenters. The molecule has 0 amide bonds. The van der Waals surface area contributed by atoms with Crippen LogP contribution in [-0.2, 0) is 4.74 Å². The van der Waals surface area contributed by atoms with Gasteiger partial charge in [-0.15, -0.1) is 0 Å². The summed E-state index contributed by atoms with van der Waals surface area (Å²) in [5.41, 5.74) is 0. The standard InChI is InChI=1S/C11H22F3NO/c1-3-15-10(2)6-4-5-8-16-9-7-11(12,13)14/h10,15H,3-9H2,1-2H3. The molecule has 0 aliphatic rings. The summed E-state index contributed by atoms with van der Waals surface area (Å²) in [7, 11) is 0. The molecule has 16 heavy (non-hydrogen) atoms. The van der Waals surface area contributed by atoms with E-state index in [-0.39, 0.29) is 6.61 Å². The number of halogens is 3. The molecule has 0 fully saturated rings. The van der Waals surface area contributed by atoms with Crippen LogP contribution in [0, 0.1) is 0 Å². The van der Waals surface area contributed by atoms with Crippen molar-refractivity contribution in [3.8, 4) is 0 Å². The van der Waals surface area contributed by atoms with Crippen LogP contribution in [0.3, 0.4) is 0 Å². The molecule has 5 heteroatoms. The lowest BCUT2D eigenvalue weighted by Gasteiger charge is -2.11. The van der Waals surface area contributed by atoms with E-state index in [2.05, 4.69) is 19.2 Å². The van der Waals surface area contributed by atoms with Gasteiger partial charge in [-0.1, -0.05) is 6.92 Å². The van der Waals surface area contributed by atoms with Crippen molar-refractivity contribution in [1.29, 1.82) is 0 Å². The van der Waals surface area contributed by atoms with Crippen LogP contribution in [-0.4, -0.2) is 32.0 Å². The van der Waals surface area contributed by atoms with Crippen molar-refractivity contribution >= 4 is 0 Å². The second-order valence-electron chi connectivity index (χ2n) is 3.93. The van der Waals surface area contributed by atoms with E-state index in [9.17, 15) is 13.2 Å². The first kappa shape index (κ1) is 15.7. The summed E-state index contributed by atoms with van der Waals surface area (Å²) in [4.78, 5) is 0. The van der Waals surface area contributed by atoms with Gasteiger partial charge in [-0.05, 0) is 32.7 Å². The van der Waals surface area contributed by atoms with Gasteiger partial charge in [0.1, 0.15) is 0 Å². The molecule has 1 N–H and O–H groups in total. The summed E-state index contributed by atoms with van der Waals surface area (Å²) < 4.78 is 40.1. The zero-order chi connectivity index (χ0) is 12.4. The molecule has 2 nitrogen and oxygen atoms in total. The number of hydrogen-bond donors (Lipinski definition) is 1. The normalized spacial score (nSPS) is 14.1. The maximum atomic E-state index is 11.7. The molecule has 0 aliphatic heterocycles. The number of ether oxygens (including phenoxy) is 1. The van der Waals surface area contributed by atoms with E-state index in [1.807, 2.05) is 0 Å². The first-order chi connectivity index (χ1) is 7.45. The minimum Gasteiger partial charge on any atom is -0.381 e. The number of nitrogens with one attached hydrogen (secondary N) is 1. The molecule has 98 valence electrons. The maximum absolute atomic E-state index is 11.7. The van der Waals surface area contributed by atoms with Gasteiger partial charge in [0.05, 0.1) is 13.0 Å². The summed E-state index contributed by atoms with van der Waals surface area (Å²) in [6.45, 7) is 5.31. The van der Waals surface area contributed by atoms with E-state index >= 15 is 0 Å². The molecule has 1 unspecified atom stereocenters. The Kier molecular flexibility index (Phi) is 8.66. The Bertz CT molecular complexity index is 162. The summed E-state index contributed by atoms with van der Waals surface area (Å²) in [6, 6.07) is 0.472. The van der Waals surface area contributed by atoms with Crippen molar-refractivity contribution in [3.05, 3.63) is 0 Å². The summed E-state index contributed by atoms with van der Waals surface area (Å²) >= 11 is 0. The highest BCUT2D eigenvalue weighted by molar-refractivity contribution is 4.58. The van der Waals surface area contributed by atoms with E-state index in [1.165, 1.54) is 0 Å². The van der Waals surface area contributed by atoms with E-state index in [1.54, 1.807) is 0 Å². The predicted molar refractivity (Wildman–Crippen MR) is 58.5 cm³/mol. The van der Waals surface area contributed by atoms with Crippen LogP contribution in [0.1, 0.15) is 39.5 Å². The number of alkyl halides is 3. The number of unbranched alkanes of at least 4 members (excludes halogenated alkanes) is 1.